The van der Waals surface area contributed by atoms with Crippen molar-refractivity contribution in [3.05, 3.63) is 29.8 Å². The number of ether oxygens (including phenoxy) is 1. The molecule has 0 fully saturated rings. The minimum Gasteiger partial charge on any atom is -0.494 e. The number of carboxylic acid groups (broad SMARTS) is 1. The number of hydrogen-bond acceptors (Lipinski definition) is 3. The third kappa shape index (κ3) is 6.78. The summed E-state index contributed by atoms with van der Waals surface area (Å²) in [6, 6.07) is 7.57. The fourth-order valence-electron chi connectivity index (χ4n) is 1.72. The van der Waals surface area contributed by atoms with E-state index in [1.54, 1.807) is 0 Å². The van der Waals surface area contributed by atoms with E-state index in [2.05, 4.69) is 5.32 Å². The first-order valence-electron chi connectivity index (χ1n) is 6.82. The average molecular weight is 279 g/mol. The van der Waals surface area contributed by atoms with Crippen molar-refractivity contribution in [3.8, 4) is 5.75 Å². The molecule has 2 N–H and O–H groups in total. The number of aliphatic carboxylic acids is 1. The fraction of sp³-hybridized carbons (Fsp3) is 0.467. The smallest absolute Gasteiger partial charge is 0.303 e. The summed E-state index contributed by atoms with van der Waals surface area (Å²) >= 11 is 0. The summed E-state index contributed by atoms with van der Waals surface area (Å²) in [5, 5.41) is 11.3. The number of unbranched alkanes of at least 4 members (excludes halogenated alkanes) is 1. The zero-order chi connectivity index (χ0) is 14.8. The van der Waals surface area contributed by atoms with Crippen LogP contribution < -0.4 is 10.1 Å². The zero-order valence-electron chi connectivity index (χ0n) is 11.7. The highest BCUT2D eigenvalue weighted by Gasteiger charge is 2.03. The van der Waals surface area contributed by atoms with Gasteiger partial charge in [-0.2, -0.15) is 0 Å². The quantitative estimate of drug-likeness (QED) is 0.680. The van der Waals surface area contributed by atoms with Gasteiger partial charge in [0.25, 0.3) is 0 Å². The van der Waals surface area contributed by atoms with Crippen molar-refractivity contribution in [2.75, 3.05) is 6.61 Å². The molecule has 0 saturated heterocycles. The number of carbonyl (C=O) groups is 2. The van der Waals surface area contributed by atoms with Gasteiger partial charge in [0.2, 0.25) is 5.91 Å². The molecule has 0 aliphatic carbocycles. The number of hydrogen-bond donors (Lipinski definition) is 2. The van der Waals surface area contributed by atoms with Gasteiger partial charge >= 0.3 is 5.97 Å². The van der Waals surface area contributed by atoms with E-state index in [1.165, 1.54) is 0 Å². The highest BCUT2D eigenvalue weighted by atomic mass is 16.5. The first-order valence-corrected chi connectivity index (χ1v) is 6.82. The van der Waals surface area contributed by atoms with Crippen LogP contribution in [0, 0.1) is 0 Å². The third-order valence-corrected chi connectivity index (χ3v) is 2.77. The molecule has 0 atom stereocenters. The maximum absolute atomic E-state index is 11.5. The van der Waals surface area contributed by atoms with Crippen LogP contribution in [0.15, 0.2) is 24.3 Å². The molecule has 0 heterocycles. The topological polar surface area (TPSA) is 75.6 Å². The van der Waals surface area contributed by atoms with Crippen LogP contribution in [0.3, 0.4) is 0 Å². The summed E-state index contributed by atoms with van der Waals surface area (Å²) < 4.78 is 5.34. The second-order valence-corrected chi connectivity index (χ2v) is 4.45. The van der Waals surface area contributed by atoms with Crippen molar-refractivity contribution in [1.29, 1.82) is 0 Å². The monoisotopic (exact) mass is 279 g/mol. The van der Waals surface area contributed by atoms with E-state index in [0.717, 1.165) is 11.3 Å². The second kappa shape index (κ2) is 8.96. The summed E-state index contributed by atoms with van der Waals surface area (Å²) in [5.41, 5.74) is 1.01. The van der Waals surface area contributed by atoms with Crippen LogP contribution in [0.1, 0.15) is 38.2 Å². The summed E-state index contributed by atoms with van der Waals surface area (Å²) in [4.78, 5) is 21.9. The molecule has 110 valence electrons. The molecule has 0 saturated carbocycles. The van der Waals surface area contributed by atoms with Crippen molar-refractivity contribution < 1.29 is 19.4 Å². The molecule has 20 heavy (non-hydrogen) atoms. The molecule has 5 nitrogen and oxygen atoms in total. The SMILES string of the molecule is CCOc1ccc(CNC(=O)CCCCC(=O)O)cc1. The van der Waals surface area contributed by atoms with Crippen LogP contribution in [0.5, 0.6) is 5.75 Å². The molecule has 1 rings (SSSR count). The predicted octanol–water partition coefficient (Wildman–Crippen LogP) is 2.35. The molecule has 0 aliphatic rings. The van der Waals surface area contributed by atoms with E-state index in [4.69, 9.17) is 9.84 Å². The molecule has 0 bridgehead atoms. The van der Waals surface area contributed by atoms with Gasteiger partial charge in [0.1, 0.15) is 5.75 Å². The molecule has 0 spiro atoms. The largest absolute Gasteiger partial charge is 0.494 e. The van der Waals surface area contributed by atoms with Crippen molar-refractivity contribution >= 4 is 11.9 Å². The molecule has 1 aromatic rings. The standard InChI is InChI=1S/C15H21NO4/c1-2-20-13-9-7-12(8-10-13)11-16-14(17)5-3-4-6-15(18)19/h7-10H,2-6,11H2,1H3,(H,16,17)(H,18,19). The Morgan fingerprint density at radius 2 is 1.80 bits per heavy atom. The van der Waals surface area contributed by atoms with E-state index < -0.39 is 5.97 Å². The zero-order valence-corrected chi connectivity index (χ0v) is 11.7. The molecule has 0 radical (unpaired) electrons. The number of amides is 1. The first-order chi connectivity index (χ1) is 9.61. The van der Waals surface area contributed by atoms with Crippen molar-refractivity contribution in [1.82, 2.24) is 5.32 Å². The van der Waals surface area contributed by atoms with Gasteiger partial charge in [-0.05, 0) is 37.5 Å². The van der Waals surface area contributed by atoms with Crippen LogP contribution in [0.4, 0.5) is 0 Å². The van der Waals surface area contributed by atoms with Crippen LogP contribution in [0.2, 0.25) is 0 Å². The predicted molar refractivity (Wildman–Crippen MR) is 75.6 cm³/mol. The average Bonchev–Trinajstić information content (AvgIpc) is 2.43. The Bertz CT molecular complexity index is 428. The molecular weight excluding hydrogens is 258 g/mol. The number of nitrogens with one attached hydrogen (secondary N) is 1. The summed E-state index contributed by atoms with van der Waals surface area (Å²) in [6.45, 7) is 3.04. The Labute approximate surface area is 118 Å². The molecule has 0 aliphatic heterocycles. The number of carboxylic acids is 1. The van der Waals surface area contributed by atoms with Gasteiger partial charge in [-0.15, -0.1) is 0 Å². The second-order valence-electron chi connectivity index (χ2n) is 4.45. The molecule has 1 amide bonds. The Morgan fingerprint density at radius 1 is 1.15 bits per heavy atom. The summed E-state index contributed by atoms with van der Waals surface area (Å²) in [5.74, 6) is -0.0553. The van der Waals surface area contributed by atoms with Gasteiger partial charge in [-0.3, -0.25) is 9.59 Å². The van der Waals surface area contributed by atoms with Crippen LogP contribution in [-0.2, 0) is 16.1 Å². The molecular formula is C15H21NO4. The Balaban J connectivity index is 2.21. The van der Waals surface area contributed by atoms with Crippen molar-refractivity contribution in [2.24, 2.45) is 0 Å². The van der Waals surface area contributed by atoms with E-state index in [0.29, 0.717) is 32.4 Å². The van der Waals surface area contributed by atoms with Crippen molar-refractivity contribution in [3.63, 3.8) is 0 Å². The van der Waals surface area contributed by atoms with E-state index in [-0.39, 0.29) is 12.3 Å². The van der Waals surface area contributed by atoms with E-state index in [9.17, 15) is 9.59 Å². The van der Waals surface area contributed by atoms with Crippen LogP contribution >= 0.6 is 0 Å². The third-order valence-electron chi connectivity index (χ3n) is 2.77. The lowest BCUT2D eigenvalue weighted by molar-refractivity contribution is -0.137. The molecule has 1 aromatic carbocycles. The van der Waals surface area contributed by atoms with Gasteiger partial charge < -0.3 is 15.2 Å². The highest BCUT2D eigenvalue weighted by molar-refractivity contribution is 5.75. The van der Waals surface area contributed by atoms with Gasteiger partial charge in [-0.25, -0.2) is 0 Å². The highest BCUT2D eigenvalue weighted by Crippen LogP contribution is 2.11. The van der Waals surface area contributed by atoms with Gasteiger partial charge in [0, 0.05) is 19.4 Å². The maximum Gasteiger partial charge on any atom is 0.303 e. The van der Waals surface area contributed by atoms with Crippen molar-refractivity contribution in [2.45, 2.75) is 39.2 Å². The minimum absolute atomic E-state index is 0.0516. The van der Waals surface area contributed by atoms with Crippen LogP contribution in [-0.4, -0.2) is 23.6 Å². The van der Waals surface area contributed by atoms with Gasteiger partial charge in [0.15, 0.2) is 0 Å². The Kier molecular flexibility index (Phi) is 7.17. The molecule has 0 aromatic heterocycles. The lowest BCUT2D eigenvalue weighted by Gasteiger charge is -2.07. The summed E-state index contributed by atoms with van der Waals surface area (Å²) in [7, 11) is 0. The fourth-order valence-corrected chi connectivity index (χ4v) is 1.72. The maximum atomic E-state index is 11.5. The van der Waals surface area contributed by atoms with E-state index >= 15 is 0 Å². The van der Waals surface area contributed by atoms with Gasteiger partial charge in [-0.1, -0.05) is 12.1 Å². The molecule has 0 unspecified atom stereocenters. The Hall–Kier alpha value is -2.04. The lowest BCUT2D eigenvalue weighted by atomic mass is 10.2. The minimum atomic E-state index is -0.820. The number of rotatable bonds is 9. The first kappa shape index (κ1) is 16.0. The van der Waals surface area contributed by atoms with Gasteiger partial charge in [0.05, 0.1) is 6.61 Å². The normalized spacial score (nSPS) is 10.1. The summed E-state index contributed by atoms with van der Waals surface area (Å²) in [6.07, 6.45) is 1.61. The van der Waals surface area contributed by atoms with Crippen LogP contribution in [0.25, 0.3) is 0 Å². The Morgan fingerprint density at radius 3 is 2.40 bits per heavy atom. The number of carbonyl (C=O) groups excluding carboxylic acids is 1. The molecule has 5 heteroatoms. The number of benzene rings is 1. The lowest BCUT2D eigenvalue weighted by Crippen LogP contribution is -2.22. The van der Waals surface area contributed by atoms with E-state index in [1.807, 2.05) is 31.2 Å².